The Hall–Kier alpha value is -1.23. The van der Waals surface area contributed by atoms with Crippen LogP contribution in [-0.4, -0.2) is 17.5 Å². The highest BCUT2D eigenvalue weighted by Gasteiger charge is 2.34. The summed E-state index contributed by atoms with van der Waals surface area (Å²) in [7, 11) is 0. The van der Waals surface area contributed by atoms with Gasteiger partial charge >= 0.3 is 6.18 Å². The molecule has 1 aliphatic heterocycles. The second kappa shape index (κ2) is 6.69. The van der Waals surface area contributed by atoms with Crippen LogP contribution in [0.4, 0.5) is 18.9 Å². The average molecular weight is 300 g/mol. The molecule has 0 saturated carbocycles. The standard InChI is InChI=1S/C16H23F3N2/c1-2-14-6-4-3-5-9-21(14)11-12-7-8-13(20)10-15(12)16(17,18)19/h7-8,10,14H,2-6,9,11,20H2,1H3. The normalized spacial score (nSPS) is 21.2. The van der Waals surface area contributed by atoms with Gasteiger partial charge in [0.15, 0.2) is 0 Å². The number of nitrogen functional groups attached to an aromatic ring is 1. The maximum Gasteiger partial charge on any atom is 0.416 e. The molecule has 1 fully saturated rings. The summed E-state index contributed by atoms with van der Waals surface area (Å²) >= 11 is 0. The predicted molar refractivity (Wildman–Crippen MR) is 78.8 cm³/mol. The molecule has 1 aromatic carbocycles. The van der Waals surface area contributed by atoms with Crippen molar-refractivity contribution in [3.63, 3.8) is 0 Å². The van der Waals surface area contributed by atoms with E-state index >= 15 is 0 Å². The Balaban J connectivity index is 2.25. The fraction of sp³-hybridized carbons (Fsp3) is 0.625. The third-order valence-corrected chi connectivity index (χ3v) is 4.28. The molecule has 0 radical (unpaired) electrons. The number of halogens is 3. The topological polar surface area (TPSA) is 29.3 Å². The molecular formula is C16H23F3N2. The lowest BCUT2D eigenvalue weighted by atomic mass is 10.0. The molecule has 0 amide bonds. The van der Waals surface area contributed by atoms with E-state index in [0.717, 1.165) is 31.9 Å². The molecule has 0 spiro atoms. The van der Waals surface area contributed by atoms with E-state index in [1.807, 2.05) is 0 Å². The molecule has 1 aromatic rings. The number of likely N-dealkylation sites (tertiary alicyclic amines) is 1. The van der Waals surface area contributed by atoms with Crippen molar-refractivity contribution in [2.75, 3.05) is 12.3 Å². The Kier molecular flexibility index (Phi) is 5.14. The van der Waals surface area contributed by atoms with Gasteiger partial charge < -0.3 is 5.73 Å². The summed E-state index contributed by atoms with van der Waals surface area (Å²) in [6, 6.07) is 4.51. The Labute approximate surface area is 124 Å². The molecule has 1 saturated heterocycles. The number of hydrogen-bond donors (Lipinski definition) is 1. The Bertz CT molecular complexity index is 471. The lowest BCUT2D eigenvalue weighted by Crippen LogP contribution is -2.34. The van der Waals surface area contributed by atoms with Crippen LogP contribution in [0.15, 0.2) is 18.2 Å². The van der Waals surface area contributed by atoms with Gasteiger partial charge in [-0.25, -0.2) is 0 Å². The summed E-state index contributed by atoms with van der Waals surface area (Å²) in [5.74, 6) is 0. The van der Waals surface area contributed by atoms with Crippen molar-refractivity contribution in [2.24, 2.45) is 0 Å². The number of hydrogen-bond acceptors (Lipinski definition) is 2. The van der Waals surface area contributed by atoms with Gasteiger partial charge in [0.25, 0.3) is 0 Å². The fourth-order valence-electron chi connectivity index (χ4n) is 3.12. The molecule has 1 aliphatic rings. The van der Waals surface area contributed by atoms with E-state index in [4.69, 9.17) is 5.73 Å². The quantitative estimate of drug-likeness (QED) is 0.836. The van der Waals surface area contributed by atoms with E-state index in [9.17, 15) is 13.2 Å². The monoisotopic (exact) mass is 300 g/mol. The minimum Gasteiger partial charge on any atom is -0.399 e. The molecule has 0 aromatic heterocycles. The van der Waals surface area contributed by atoms with E-state index < -0.39 is 11.7 Å². The first kappa shape index (κ1) is 16.1. The fourth-order valence-corrected chi connectivity index (χ4v) is 3.12. The van der Waals surface area contributed by atoms with Crippen LogP contribution < -0.4 is 5.73 Å². The molecule has 2 N–H and O–H groups in total. The summed E-state index contributed by atoms with van der Waals surface area (Å²) in [5.41, 5.74) is 5.42. The highest BCUT2D eigenvalue weighted by molar-refractivity contribution is 5.46. The number of benzene rings is 1. The number of alkyl halides is 3. The summed E-state index contributed by atoms with van der Waals surface area (Å²) in [6.07, 6.45) is 1.11. The van der Waals surface area contributed by atoms with Crippen molar-refractivity contribution in [3.05, 3.63) is 29.3 Å². The van der Waals surface area contributed by atoms with Crippen LogP contribution in [0.2, 0.25) is 0 Å². The third-order valence-electron chi connectivity index (χ3n) is 4.28. The zero-order valence-corrected chi connectivity index (χ0v) is 12.4. The minimum absolute atomic E-state index is 0.161. The minimum atomic E-state index is -4.35. The van der Waals surface area contributed by atoms with Gasteiger partial charge in [-0.15, -0.1) is 0 Å². The Morgan fingerprint density at radius 3 is 2.67 bits per heavy atom. The molecule has 0 bridgehead atoms. The summed E-state index contributed by atoms with van der Waals surface area (Å²) in [6.45, 7) is 3.34. The van der Waals surface area contributed by atoms with Gasteiger partial charge in [-0.3, -0.25) is 4.90 Å². The molecule has 118 valence electrons. The van der Waals surface area contributed by atoms with Crippen molar-refractivity contribution in [3.8, 4) is 0 Å². The number of nitrogens with two attached hydrogens (primary N) is 1. The van der Waals surface area contributed by atoms with Crippen molar-refractivity contribution < 1.29 is 13.2 Å². The smallest absolute Gasteiger partial charge is 0.399 e. The van der Waals surface area contributed by atoms with E-state index in [1.54, 1.807) is 6.07 Å². The Morgan fingerprint density at radius 2 is 2.00 bits per heavy atom. The van der Waals surface area contributed by atoms with Gasteiger partial charge in [-0.05, 0) is 43.5 Å². The largest absolute Gasteiger partial charge is 0.416 e. The van der Waals surface area contributed by atoms with Crippen LogP contribution >= 0.6 is 0 Å². The van der Waals surface area contributed by atoms with Crippen molar-refractivity contribution in [1.82, 2.24) is 4.90 Å². The highest BCUT2D eigenvalue weighted by Crippen LogP contribution is 2.34. The molecule has 5 heteroatoms. The van der Waals surface area contributed by atoms with Gasteiger partial charge in [0.2, 0.25) is 0 Å². The van der Waals surface area contributed by atoms with Crippen molar-refractivity contribution >= 4 is 5.69 Å². The van der Waals surface area contributed by atoms with E-state index in [-0.39, 0.29) is 5.69 Å². The van der Waals surface area contributed by atoms with Crippen LogP contribution in [0.5, 0.6) is 0 Å². The predicted octanol–water partition coefficient (Wildman–Crippen LogP) is 4.44. The SMILES string of the molecule is CCC1CCCCCN1Cc1ccc(N)cc1C(F)(F)F. The number of nitrogens with zero attached hydrogens (tertiary/aromatic N) is 1. The highest BCUT2D eigenvalue weighted by atomic mass is 19.4. The van der Waals surface area contributed by atoms with Crippen LogP contribution in [0, 0.1) is 0 Å². The van der Waals surface area contributed by atoms with Gasteiger partial charge in [0, 0.05) is 18.3 Å². The first-order valence-corrected chi connectivity index (χ1v) is 7.61. The molecule has 21 heavy (non-hydrogen) atoms. The van der Waals surface area contributed by atoms with Crippen molar-refractivity contribution in [1.29, 1.82) is 0 Å². The van der Waals surface area contributed by atoms with Gasteiger partial charge in [0.1, 0.15) is 0 Å². The molecular weight excluding hydrogens is 277 g/mol. The van der Waals surface area contributed by atoms with Crippen LogP contribution in [0.3, 0.4) is 0 Å². The summed E-state index contributed by atoms with van der Waals surface area (Å²) < 4.78 is 39.5. The first-order chi connectivity index (χ1) is 9.91. The van der Waals surface area contributed by atoms with Crippen LogP contribution in [0.25, 0.3) is 0 Å². The van der Waals surface area contributed by atoms with E-state index in [2.05, 4.69) is 11.8 Å². The third kappa shape index (κ3) is 4.13. The number of anilines is 1. The van der Waals surface area contributed by atoms with E-state index in [0.29, 0.717) is 18.2 Å². The lowest BCUT2D eigenvalue weighted by molar-refractivity contribution is -0.138. The van der Waals surface area contributed by atoms with Crippen molar-refractivity contribution in [2.45, 2.75) is 57.8 Å². The molecule has 1 atom stereocenters. The molecule has 0 aliphatic carbocycles. The average Bonchev–Trinajstić information content (AvgIpc) is 2.64. The molecule has 1 unspecified atom stereocenters. The lowest BCUT2D eigenvalue weighted by Gasteiger charge is -2.30. The van der Waals surface area contributed by atoms with Gasteiger partial charge in [-0.2, -0.15) is 13.2 Å². The first-order valence-electron chi connectivity index (χ1n) is 7.61. The zero-order valence-electron chi connectivity index (χ0n) is 12.4. The molecule has 2 rings (SSSR count). The number of rotatable bonds is 3. The summed E-state index contributed by atoms with van der Waals surface area (Å²) in [4.78, 5) is 2.20. The summed E-state index contributed by atoms with van der Waals surface area (Å²) in [5, 5.41) is 0. The zero-order chi connectivity index (χ0) is 15.5. The maximum atomic E-state index is 13.2. The van der Waals surface area contributed by atoms with Gasteiger partial charge in [0.05, 0.1) is 5.56 Å². The van der Waals surface area contributed by atoms with Crippen LogP contribution in [0.1, 0.15) is 50.2 Å². The molecule has 2 nitrogen and oxygen atoms in total. The second-order valence-electron chi connectivity index (χ2n) is 5.80. The maximum absolute atomic E-state index is 13.2. The Morgan fingerprint density at radius 1 is 1.24 bits per heavy atom. The van der Waals surface area contributed by atoms with Crippen LogP contribution in [-0.2, 0) is 12.7 Å². The van der Waals surface area contributed by atoms with E-state index in [1.165, 1.54) is 18.9 Å². The van der Waals surface area contributed by atoms with Gasteiger partial charge in [-0.1, -0.05) is 25.8 Å². The second-order valence-corrected chi connectivity index (χ2v) is 5.80. The molecule has 1 heterocycles.